The molecule has 1 aromatic rings. The average molecular weight is 373 g/mol. The maximum atomic E-state index is 12.5. The van der Waals surface area contributed by atoms with Crippen LogP contribution < -0.4 is 5.73 Å². The Hall–Kier alpha value is -2.08. The van der Waals surface area contributed by atoms with Gasteiger partial charge < -0.3 is 20.3 Å². The van der Waals surface area contributed by atoms with Crippen LogP contribution in [0.1, 0.15) is 38.7 Å². The van der Waals surface area contributed by atoms with Crippen molar-refractivity contribution in [2.24, 2.45) is 17.1 Å². The van der Waals surface area contributed by atoms with Gasteiger partial charge in [0.15, 0.2) is 0 Å². The van der Waals surface area contributed by atoms with Gasteiger partial charge in [-0.05, 0) is 36.2 Å². The molecule has 2 N–H and O–H groups in total. The van der Waals surface area contributed by atoms with Gasteiger partial charge in [-0.3, -0.25) is 4.79 Å². The number of nitrogens with two attached hydrogens (primary N) is 1. The van der Waals surface area contributed by atoms with E-state index < -0.39 is 6.04 Å². The zero-order valence-corrected chi connectivity index (χ0v) is 16.4. The zero-order chi connectivity index (χ0) is 19.4. The van der Waals surface area contributed by atoms with Gasteiger partial charge in [0.2, 0.25) is 5.91 Å². The van der Waals surface area contributed by atoms with Gasteiger partial charge in [0, 0.05) is 26.2 Å². The molecule has 0 bridgehead atoms. The van der Waals surface area contributed by atoms with Gasteiger partial charge in [-0.25, -0.2) is 4.79 Å². The molecular formula is C21H31N3O3. The van der Waals surface area contributed by atoms with Crippen molar-refractivity contribution in [1.82, 2.24) is 9.80 Å². The highest BCUT2D eigenvalue weighted by Crippen LogP contribution is 2.40. The van der Waals surface area contributed by atoms with Gasteiger partial charge in [0.25, 0.3) is 0 Å². The van der Waals surface area contributed by atoms with Crippen molar-refractivity contribution < 1.29 is 14.3 Å². The number of nitrogens with zero attached hydrogens (tertiary/aromatic N) is 2. The first kappa shape index (κ1) is 19.7. The molecule has 148 valence electrons. The first-order chi connectivity index (χ1) is 12.9. The van der Waals surface area contributed by atoms with Crippen LogP contribution in [0, 0.1) is 11.3 Å². The summed E-state index contributed by atoms with van der Waals surface area (Å²) in [4.78, 5) is 28.6. The van der Waals surface area contributed by atoms with Crippen molar-refractivity contribution in [1.29, 1.82) is 0 Å². The Morgan fingerprint density at radius 2 is 1.67 bits per heavy atom. The molecule has 2 aliphatic heterocycles. The third-order valence-electron chi connectivity index (χ3n) is 6.04. The van der Waals surface area contributed by atoms with Crippen LogP contribution in [-0.4, -0.2) is 54.0 Å². The molecule has 0 aromatic heterocycles. The fourth-order valence-electron chi connectivity index (χ4n) is 4.01. The Bertz CT molecular complexity index is 654. The highest BCUT2D eigenvalue weighted by Gasteiger charge is 2.43. The summed E-state index contributed by atoms with van der Waals surface area (Å²) in [6.07, 6.45) is 2.58. The number of piperidine rings is 1. The molecule has 2 fully saturated rings. The second kappa shape index (κ2) is 8.30. The first-order valence-electron chi connectivity index (χ1n) is 9.90. The quantitative estimate of drug-likeness (QED) is 0.880. The molecule has 2 saturated heterocycles. The van der Waals surface area contributed by atoms with Gasteiger partial charge in [-0.1, -0.05) is 44.2 Å². The van der Waals surface area contributed by atoms with Crippen LogP contribution >= 0.6 is 0 Å². The molecule has 6 heteroatoms. The topological polar surface area (TPSA) is 75.9 Å². The average Bonchev–Trinajstić information content (AvgIpc) is 3.10. The standard InChI is InChI=1S/C21H31N3O3/c1-16(2)18(22)19(25)23-11-8-21(9-12-23)10-13-24(15-21)20(26)27-14-17-6-4-3-5-7-17/h3-7,16,18H,8-15,22H2,1-2H3/t18-/m0/s1. The van der Waals surface area contributed by atoms with E-state index in [9.17, 15) is 9.59 Å². The van der Waals surface area contributed by atoms with Gasteiger partial charge >= 0.3 is 6.09 Å². The lowest BCUT2D eigenvalue weighted by atomic mass is 9.77. The fourth-order valence-corrected chi connectivity index (χ4v) is 4.01. The number of likely N-dealkylation sites (tertiary alicyclic amines) is 2. The lowest BCUT2D eigenvalue weighted by Gasteiger charge is -2.40. The van der Waals surface area contributed by atoms with E-state index in [0.29, 0.717) is 6.61 Å². The lowest BCUT2D eigenvalue weighted by Crippen LogP contribution is -2.51. The monoisotopic (exact) mass is 373 g/mol. The Kier molecular flexibility index (Phi) is 6.05. The summed E-state index contributed by atoms with van der Waals surface area (Å²) in [5, 5.41) is 0. The number of amides is 2. The molecule has 3 rings (SSSR count). The van der Waals surface area contributed by atoms with E-state index in [0.717, 1.165) is 51.0 Å². The third kappa shape index (κ3) is 4.61. The second-order valence-corrected chi connectivity index (χ2v) is 8.31. The molecule has 0 unspecified atom stereocenters. The van der Waals surface area contributed by atoms with Crippen molar-refractivity contribution in [3.8, 4) is 0 Å². The van der Waals surface area contributed by atoms with Crippen LogP contribution in [-0.2, 0) is 16.1 Å². The Labute approximate surface area is 161 Å². The summed E-state index contributed by atoms with van der Waals surface area (Å²) >= 11 is 0. The number of ether oxygens (including phenoxy) is 1. The van der Waals surface area contributed by atoms with Gasteiger partial charge in [0.1, 0.15) is 6.61 Å². The minimum Gasteiger partial charge on any atom is -0.445 e. The number of hydrogen-bond donors (Lipinski definition) is 1. The molecule has 2 aliphatic rings. The predicted octanol–water partition coefficient (Wildman–Crippen LogP) is 2.62. The summed E-state index contributed by atoms with van der Waals surface area (Å²) in [5.74, 6) is 0.201. The smallest absolute Gasteiger partial charge is 0.410 e. The number of carbonyl (C=O) groups excluding carboxylic acids is 2. The predicted molar refractivity (Wildman–Crippen MR) is 104 cm³/mol. The highest BCUT2D eigenvalue weighted by atomic mass is 16.6. The van der Waals surface area contributed by atoms with Crippen molar-refractivity contribution >= 4 is 12.0 Å². The van der Waals surface area contributed by atoms with Crippen molar-refractivity contribution in [2.75, 3.05) is 26.2 Å². The SMILES string of the molecule is CC(C)[C@H](N)C(=O)N1CCC2(CCN(C(=O)OCc3ccccc3)C2)CC1. The molecule has 6 nitrogen and oxygen atoms in total. The molecule has 2 amide bonds. The summed E-state index contributed by atoms with van der Waals surface area (Å²) < 4.78 is 5.47. The molecule has 1 aromatic carbocycles. The molecular weight excluding hydrogens is 342 g/mol. The van der Waals surface area contributed by atoms with Crippen LogP contribution in [0.3, 0.4) is 0 Å². The maximum Gasteiger partial charge on any atom is 0.410 e. The van der Waals surface area contributed by atoms with E-state index in [1.165, 1.54) is 0 Å². The van der Waals surface area contributed by atoms with Crippen LogP contribution in [0.2, 0.25) is 0 Å². The molecule has 1 spiro atoms. The minimum absolute atomic E-state index is 0.0528. The van der Waals surface area contributed by atoms with E-state index >= 15 is 0 Å². The Morgan fingerprint density at radius 1 is 1.07 bits per heavy atom. The normalized spacial score (nSPS) is 20.1. The third-order valence-corrected chi connectivity index (χ3v) is 6.04. The molecule has 27 heavy (non-hydrogen) atoms. The molecule has 0 radical (unpaired) electrons. The lowest BCUT2D eigenvalue weighted by molar-refractivity contribution is -0.135. The zero-order valence-electron chi connectivity index (χ0n) is 16.4. The summed E-state index contributed by atoms with van der Waals surface area (Å²) in [7, 11) is 0. The van der Waals surface area contributed by atoms with Gasteiger partial charge in [0.05, 0.1) is 6.04 Å². The van der Waals surface area contributed by atoms with Gasteiger partial charge in [-0.15, -0.1) is 0 Å². The largest absolute Gasteiger partial charge is 0.445 e. The Morgan fingerprint density at radius 3 is 2.26 bits per heavy atom. The number of carbonyl (C=O) groups is 2. The Balaban J connectivity index is 1.48. The number of benzene rings is 1. The van der Waals surface area contributed by atoms with E-state index in [-0.39, 0.29) is 23.3 Å². The van der Waals surface area contributed by atoms with Crippen LogP contribution in [0.5, 0.6) is 0 Å². The van der Waals surface area contributed by atoms with Crippen LogP contribution in [0.25, 0.3) is 0 Å². The molecule has 2 heterocycles. The van der Waals surface area contributed by atoms with E-state index in [1.807, 2.05) is 54.0 Å². The fraction of sp³-hybridized carbons (Fsp3) is 0.619. The summed E-state index contributed by atoms with van der Waals surface area (Å²) in [5.41, 5.74) is 7.13. The van der Waals surface area contributed by atoms with Gasteiger partial charge in [-0.2, -0.15) is 0 Å². The van der Waals surface area contributed by atoms with E-state index in [2.05, 4.69) is 0 Å². The minimum atomic E-state index is -0.424. The summed E-state index contributed by atoms with van der Waals surface area (Å²) in [6.45, 7) is 7.16. The number of hydrogen-bond acceptors (Lipinski definition) is 4. The second-order valence-electron chi connectivity index (χ2n) is 8.31. The molecule has 0 saturated carbocycles. The molecule has 0 aliphatic carbocycles. The number of rotatable bonds is 4. The molecule has 1 atom stereocenters. The van der Waals surface area contributed by atoms with Crippen molar-refractivity contribution in [3.63, 3.8) is 0 Å². The summed E-state index contributed by atoms with van der Waals surface area (Å²) in [6, 6.07) is 9.30. The maximum absolute atomic E-state index is 12.5. The highest BCUT2D eigenvalue weighted by molar-refractivity contribution is 5.82. The van der Waals surface area contributed by atoms with Crippen molar-refractivity contribution in [2.45, 2.75) is 45.8 Å². The van der Waals surface area contributed by atoms with E-state index in [4.69, 9.17) is 10.5 Å². The van der Waals surface area contributed by atoms with E-state index in [1.54, 1.807) is 0 Å². The van der Waals surface area contributed by atoms with Crippen LogP contribution in [0.4, 0.5) is 4.79 Å². The van der Waals surface area contributed by atoms with Crippen molar-refractivity contribution in [3.05, 3.63) is 35.9 Å². The first-order valence-corrected chi connectivity index (χ1v) is 9.90. The van der Waals surface area contributed by atoms with Crippen LogP contribution in [0.15, 0.2) is 30.3 Å².